The third-order valence-electron chi connectivity index (χ3n) is 8.85. The zero-order valence-corrected chi connectivity index (χ0v) is 28.1. The van der Waals surface area contributed by atoms with Gasteiger partial charge in [0, 0.05) is 31.4 Å². The maximum absolute atomic E-state index is 12.9. The molecule has 0 spiro atoms. The Balaban J connectivity index is 2.06. The minimum atomic E-state index is -1.62. The van der Waals surface area contributed by atoms with Crippen molar-refractivity contribution in [1.82, 2.24) is 0 Å². The Hall–Kier alpha value is -2.88. The molecule has 0 radical (unpaired) electrons. The molecule has 264 valence electrons. The molecular weight excluding hydrogens is 612 g/mol. The van der Waals surface area contributed by atoms with E-state index in [1.54, 1.807) is 27.0 Å². The van der Waals surface area contributed by atoms with Crippen LogP contribution in [0.3, 0.4) is 0 Å². The van der Waals surface area contributed by atoms with Crippen LogP contribution in [0.25, 0.3) is 0 Å². The molecule has 0 aliphatic carbocycles. The molecule has 1 saturated heterocycles. The lowest BCUT2D eigenvalue weighted by Crippen LogP contribution is -2.60. The smallest absolute Gasteiger partial charge is 0.405 e. The number of nitrogens with two attached hydrogens (primary N) is 1. The zero-order chi connectivity index (χ0) is 34.8. The zero-order valence-electron chi connectivity index (χ0n) is 28.1. The van der Waals surface area contributed by atoms with Crippen LogP contribution in [0.15, 0.2) is 47.6 Å². The van der Waals surface area contributed by atoms with Crippen molar-refractivity contribution in [2.45, 2.75) is 108 Å². The van der Waals surface area contributed by atoms with Gasteiger partial charge in [0.2, 0.25) is 0 Å². The van der Waals surface area contributed by atoms with Gasteiger partial charge in [0.25, 0.3) is 5.91 Å². The Morgan fingerprint density at radius 3 is 2.40 bits per heavy atom. The summed E-state index contributed by atoms with van der Waals surface area (Å²) in [7, 11) is 3.04. The number of hydrogen-bond acceptors (Lipinski definition) is 11. The number of hydrogen-bond donors (Lipinski definition) is 6. The van der Waals surface area contributed by atoms with Crippen molar-refractivity contribution in [3.8, 4) is 0 Å². The molecule has 2 bridgehead atoms. The number of aliphatic hydroxyl groups excluding tert-OH is 4. The van der Waals surface area contributed by atoms with Gasteiger partial charge in [-0.25, -0.2) is 4.79 Å². The summed E-state index contributed by atoms with van der Waals surface area (Å²) < 4.78 is 29.3. The highest BCUT2D eigenvalue weighted by atomic mass is 16.7. The van der Waals surface area contributed by atoms with E-state index in [-0.39, 0.29) is 11.8 Å². The van der Waals surface area contributed by atoms with Crippen LogP contribution < -0.4 is 11.1 Å². The molecule has 2 heterocycles. The third-order valence-corrected chi connectivity index (χ3v) is 8.85. The summed E-state index contributed by atoms with van der Waals surface area (Å²) in [5.74, 6) is -0.633. The average molecular weight is 665 g/mol. The molecule has 0 saturated carbocycles. The van der Waals surface area contributed by atoms with Gasteiger partial charge in [-0.15, -0.1) is 0 Å². The fourth-order valence-corrected chi connectivity index (χ4v) is 6.28. The van der Waals surface area contributed by atoms with Crippen LogP contribution in [0, 0.1) is 11.8 Å². The van der Waals surface area contributed by atoms with E-state index in [1.165, 1.54) is 7.11 Å². The molecule has 1 aromatic rings. The number of carbonyl (C=O) groups is 2. The van der Waals surface area contributed by atoms with Crippen LogP contribution in [0.4, 0.5) is 10.5 Å². The van der Waals surface area contributed by atoms with Crippen molar-refractivity contribution in [2.75, 3.05) is 26.1 Å². The van der Waals surface area contributed by atoms with E-state index >= 15 is 0 Å². The lowest BCUT2D eigenvalue weighted by atomic mass is 9.87. The van der Waals surface area contributed by atoms with Crippen molar-refractivity contribution in [1.29, 1.82) is 0 Å². The van der Waals surface area contributed by atoms with E-state index in [1.807, 2.05) is 37.3 Å². The molecule has 1 fully saturated rings. The minimum Gasteiger partial charge on any atom is -0.439 e. The SMILES string of the molecule is CO[C@H]1C[C@H](C)Cc2cccc(c2)NC(=O)/C(C)=C/CC[C@H](OC)[C@@H](OC(N)=O)/C(C)=C/[C@H](C)[C@H]1O[C@@H]1O[C@H](CO)[C@@H](O)[C@H](O)[C@H]1O. The molecule has 2 aliphatic heterocycles. The highest BCUT2D eigenvalue weighted by Gasteiger charge is 2.46. The summed E-state index contributed by atoms with van der Waals surface area (Å²) in [5.41, 5.74) is 8.28. The van der Waals surface area contributed by atoms with Crippen LogP contribution in [0.2, 0.25) is 0 Å². The second kappa shape index (κ2) is 18.0. The monoisotopic (exact) mass is 664 g/mol. The van der Waals surface area contributed by atoms with Crippen LogP contribution in [0.1, 0.15) is 52.5 Å². The van der Waals surface area contributed by atoms with E-state index in [9.17, 15) is 30.0 Å². The van der Waals surface area contributed by atoms with Gasteiger partial charge in [0.15, 0.2) is 12.4 Å². The highest BCUT2D eigenvalue weighted by molar-refractivity contribution is 6.03. The van der Waals surface area contributed by atoms with Crippen LogP contribution in [0.5, 0.6) is 0 Å². The first-order valence-electron chi connectivity index (χ1n) is 16.0. The number of primary amides is 1. The Bertz CT molecular complexity index is 1240. The van der Waals surface area contributed by atoms with Gasteiger partial charge in [-0.3, -0.25) is 4.79 Å². The molecular formula is C34H52N2O11. The topological polar surface area (TPSA) is 199 Å². The van der Waals surface area contributed by atoms with Crippen molar-refractivity contribution in [2.24, 2.45) is 17.6 Å². The van der Waals surface area contributed by atoms with Gasteiger partial charge in [0.1, 0.15) is 24.4 Å². The summed E-state index contributed by atoms with van der Waals surface area (Å²) >= 11 is 0. The summed E-state index contributed by atoms with van der Waals surface area (Å²) in [6.45, 7) is 6.83. The number of ether oxygens (including phenoxy) is 5. The predicted molar refractivity (Wildman–Crippen MR) is 173 cm³/mol. The molecule has 3 rings (SSSR count). The summed E-state index contributed by atoms with van der Waals surface area (Å²) in [6.07, 6.45) is -5.52. The average Bonchev–Trinajstić information content (AvgIpc) is 3.03. The molecule has 47 heavy (non-hydrogen) atoms. The Morgan fingerprint density at radius 2 is 1.77 bits per heavy atom. The fraction of sp³-hybridized carbons (Fsp3) is 0.647. The van der Waals surface area contributed by atoms with Crippen molar-refractivity contribution in [3.63, 3.8) is 0 Å². The number of nitrogens with one attached hydrogen (secondary N) is 1. The molecule has 7 N–H and O–H groups in total. The number of carbonyl (C=O) groups excluding carboxylic acids is 2. The second-order valence-corrected chi connectivity index (χ2v) is 12.6. The first-order valence-corrected chi connectivity index (χ1v) is 16.0. The maximum atomic E-state index is 12.9. The van der Waals surface area contributed by atoms with Crippen molar-refractivity contribution >= 4 is 17.7 Å². The van der Waals surface area contributed by atoms with Gasteiger partial charge in [-0.1, -0.05) is 38.1 Å². The van der Waals surface area contributed by atoms with E-state index in [4.69, 9.17) is 29.4 Å². The summed E-state index contributed by atoms with van der Waals surface area (Å²) in [6, 6.07) is 7.63. The van der Waals surface area contributed by atoms with E-state index in [0.717, 1.165) is 5.56 Å². The molecule has 0 unspecified atom stereocenters. The van der Waals surface area contributed by atoms with E-state index in [0.29, 0.717) is 42.5 Å². The first kappa shape index (κ1) is 38.6. The van der Waals surface area contributed by atoms with Gasteiger partial charge in [-0.05, 0) is 68.7 Å². The number of methoxy groups -OCH3 is 2. The third kappa shape index (κ3) is 10.6. The largest absolute Gasteiger partial charge is 0.439 e. The van der Waals surface area contributed by atoms with Crippen LogP contribution in [-0.2, 0) is 34.9 Å². The van der Waals surface area contributed by atoms with Crippen molar-refractivity contribution < 1.29 is 53.7 Å². The molecule has 0 aromatic heterocycles. The molecule has 13 heteroatoms. The molecule has 11 atom stereocenters. The number of fused-ring (bicyclic) bond motifs is 2. The van der Waals surface area contributed by atoms with E-state index < -0.39 is 73.7 Å². The van der Waals surface area contributed by atoms with Gasteiger partial charge in [-0.2, -0.15) is 0 Å². The number of amides is 2. The number of allylic oxidation sites excluding steroid dienone is 1. The number of benzene rings is 1. The summed E-state index contributed by atoms with van der Waals surface area (Å²) in [4.78, 5) is 24.9. The number of aliphatic hydroxyl groups is 4. The normalized spacial score (nSPS) is 37.1. The second-order valence-electron chi connectivity index (χ2n) is 12.6. The summed E-state index contributed by atoms with van der Waals surface area (Å²) in [5, 5.41) is 44.3. The number of rotatable bonds is 6. The quantitative estimate of drug-likeness (QED) is 0.244. The lowest BCUT2D eigenvalue weighted by molar-refractivity contribution is -0.320. The first-order chi connectivity index (χ1) is 22.3. The van der Waals surface area contributed by atoms with Gasteiger partial charge < -0.3 is 55.2 Å². The van der Waals surface area contributed by atoms with Crippen LogP contribution in [-0.4, -0.2) is 108 Å². The maximum Gasteiger partial charge on any atom is 0.405 e. The van der Waals surface area contributed by atoms with E-state index in [2.05, 4.69) is 12.2 Å². The number of anilines is 1. The van der Waals surface area contributed by atoms with Gasteiger partial charge in [0.05, 0.1) is 24.9 Å². The Labute approximate surface area is 276 Å². The lowest BCUT2D eigenvalue weighted by Gasteiger charge is -2.43. The van der Waals surface area contributed by atoms with Crippen molar-refractivity contribution in [3.05, 3.63) is 53.1 Å². The predicted octanol–water partition coefficient (Wildman–Crippen LogP) is 2.20. The highest BCUT2D eigenvalue weighted by Crippen LogP contribution is 2.31. The molecule has 2 amide bonds. The fourth-order valence-electron chi connectivity index (χ4n) is 6.28. The van der Waals surface area contributed by atoms with Gasteiger partial charge >= 0.3 is 6.09 Å². The van der Waals surface area contributed by atoms with Crippen LogP contribution >= 0.6 is 0 Å². The Morgan fingerprint density at radius 1 is 1.06 bits per heavy atom. The molecule has 13 nitrogen and oxygen atoms in total. The molecule has 2 aliphatic rings. The Kier molecular flexibility index (Phi) is 14.8. The molecule has 1 aromatic carbocycles. The minimum absolute atomic E-state index is 0.0524. The standard InChI is InChI=1S/C34H52N2O11/c1-18-13-22-10-8-11-23(16-22)36-32(41)19(2)9-7-12-24(43-5)30(47-34(35)42)20(3)15-21(4)31(25(14-18)44-6)46-33-29(40)28(39)27(38)26(17-37)45-33/h8-11,15-16,18,21,24-31,33,37-40H,7,12-14,17H2,1-6H3,(H2,35,42)(H,36,41)/b19-9+,20-15+/t18-,21+,24+,25+,26-,27-,28+,29-,30+,31-,33+/m1/s1.